The number of hydrogen-bond acceptors (Lipinski definition) is 3. The molecule has 2 heterocycles. The van der Waals surface area contributed by atoms with Crippen LogP contribution < -0.4 is 5.32 Å². The minimum absolute atomic E-state index is 0.0486. The minimum Gasteiger partial charge on any atom is -0.381 e. The number of imidazole rings is 1. The summed E-state index contributed by atoms with van der Waals surface area (Å²) in [5.74, 6) is 1.31. The number of benzene rings is 2. The number of carbonyl (C=O) groups is 1. The lowest BCUT2D eigenvalue weighted by atomic mass is 10.1. The molecule has 1 fully saturated rings. The molecular formula is C22H23N3O2. The molecule has 0 radical (unpaired) electrons. The van der Waals surface area contributed by atoms with Gasteiger partial charge >= 0.3 is 0 Å². The highest BCUT2D eigenvalue weighted by Crippen LogP contribution is 2.26. The first-order valence-electron chi connectivity index (χ1n) is 9.35. The summed E-state index contributed by atoms with van der Waals surface area (Å²) in [6, 6.07) is 17.8. The third kappa shape index (κ3) is 4.09. The highest BCUT2D eigenvalue weighted by molar-refractivity contribution is 5.94. The smallest absolute Gasteiger partial charge is 0.251 e. The maximum atomic E-state index is 12.4. The lowest BCUT2D eigenvalue weighted by Gasteiger charge is -2.12. The van der Waals surface area contributed by atoms with Crippen molar-refractivity contribution in [3.8, 4) is 5.69 Å². The van der Waals surface area contributed by atoms with Crippen LogP contribution in [0.15, 0.2) is 67.0 Å². The molecule has 0 aliphatic carbocycles. The fourth-order valence-corrected chi connectivity index (χ4v) is 3.41. The molecule has 1 aromatic heterocycles. The molecule has 1 saturated heterocycles. The number of hydrogen-bond donors (Lipinski definition) is 1. The maximum absolute atomic E-state index is 12.4. The van der Waals surface area contributed by atoms with E-state index >= 15 is 0 Å². The molecule has 1 N–H and O–H groups in total. The molecular weight excluding hydrogens is 338 g/mol. The minimum atomic E-state index is -0.0486. The molecule has 1 atom stereocenters. The number of nitrogens with one attached hydrogen (secondary N) is 1. The van der Waals surface area contributed by atoms with Gasteiger partial charge in [-0.1, -0.05) is 30.3 Å². The van der Waals surface area contributed by atoms with Crippen molar-refractivity contribution in [2.24, 2.45) is 0 Å². The van der Waals surface area contributed by atoms with Gasteiger partial charge in [-0.2, -0.15) is 0 Å². The van der Waals surface area contributed by atoms with Crippen LogP contribution in [-0.4, -0.2) is 35.2 Å². The van der Waals surface area contributed by atoms with E-state index in [2.05, 4.69) is 27.0 Å². The topological polar surface area (TPSA) is 56.2 Å². The molecule has 1 aliphatic rings. The first-order chi connectivity index (χ1) is 13.3. The SMILES string of the molecule is O=C(NCCc1ccccc1)c1ccc(-n2ccnc2[C@H]2CCOC2)cc1. The van der Waals surface area contributed by atoms with Gasteiger partial charge < -0.3 is 14.6 Å². The summed E-state index contributed by atoms with van der Waals surface area (Å²) in [6.07, 6.45) is 5.60. The molecule has 138 valence electrons. The summed E-state index contributed by atoms with van der Waals surface area (Å²) in [5.41, 5.74) is 2.89. The number of nitrogens with zero attached hydrogens (tertiary/aromatic N) is 2. The average molecular weight is 361 g/mol. The Labute approximate surface area is 159 Å². The predicted molar refractivity (Wildman–Crippen MR) is 104 cm³/mol. The van der Waals surface area contributed by atoms with Crippen molar-refractivity contribution in [2.45, 2.75) is 18.8 Å². The van der Waals surface area contributed by atoms with Crippen LogP contribution in [0.25, 0.3) is 5.69 Å². The van der Waals surface area contributed by atoms with Crippen molar-refractivity contribution in [1.82, 2.24) is 14.9 Å². The van der Waals surface area contributed by atoms with Crippen LogP contribution in [0.4, 0.5) is 0 Å². The van der Waals surface area contributed by atoms with Crippen molar-refractivity contribution < 1.29 is 9.53 Å². The monoisotopic (exact) mass is 361 g/mol. The van der Waals surface area contributed by atoms with Gasteiger partial charge in [0, 0.05) is 42.7 Å². The highest BCUT2D eigenvalue weighted by atomic mass is 16.5. The van der Waals surface area contributed by atoms with E-state index in [1.165, 1.54) is 5.56 Å². The molecule has 5 nitrogen and oxygen atoms in total. The van der Waals surface area contributed by atoms with Crippen LogP contribution in [0.3, 0.4) is 0 Å². The van der Waals surface area contributed by atoms with Gasteiger partial charge in [0.25, 0.3) is 5.91 Å². The predicted octanol–water partition coefficient (Wildman–Crippen LogP) is 3.35. The van der Waals surface area contributed by atoms with Crippen LogP contribution in [0.2, 0.25) is 0 Å². The summed E-state index contributed by atoms with van der Waals surface area (Å²) < 4.78 is 7.57. The molecule has 0 bridgehead atoms. The standard InChI is InChI=1S/C22H23N3O2/c26-22(24-12-10-17-4-2-1-3-5-17)18-6-8-20(9-7-18)25-14-13-23-21(25)19-11-15-27-16-19/h1-9,13-14,19H,10-12,15-16H2,(H,24,26)/t19-/m0/s1. The molecule has 4 rings (SSSR count). The van der Waals surface area contributed by atoms with E-state index in [9.17, 15) is 4.79 Å². The molecule has 5 heteroatoms. The lowest BCUT2D eigenvalue weighted by molar-refractivity contribution is 0.0954. The van der Waals surface area contributed by atoms with E-state index in [0.717, 1.165) is 37.6 Å². The first kappa shape index (κ1) is 17.5. The Morgan fingerprint density at radius 1 is 1.15 bits per heavy atom. The van der Waals surface area contributed by atoms with Gasteiger partial charge in [0.05, 0.1) is 6.61 Å². The second-order valence-electron chi connectivity index (χ2n) is 6.75. The Hall–Kier alpha value is -2.92. The second kappa shape index (κ2) is 8.18. The van der Waals surface area contributed by atoms with Crippen molar-refractivity contribution >= 4 is 5.91 Å². The number of aromatic nitrogens is 2. The zero-order valence-corrected chi connectivity index (χ0v) is 15.2. The Morgan fingerprint density at radius 3 is 2.70 bits per heavy atom. The third-order valence-electron chi connectivity index (χ3n) is 4.91. The normalized spacial score (nSPS) is 16.4. The van der Waals surface area contributed by atoms with E-state index in [4.69, 9.17) is 4.74 Å². The van der Waals surface area contributed by atoms with Gasteiger partial charge in [-0.05, 0) is 42.7 Å². The first-order valence-corrected chi connectivity index (χ1v) is 9.35. The average Bonchev–Trinajstić information content (AvgIpc) is 3.40. The van der Waals surface area contributed by atoms with Crippen molar-refractivity contribution in [3.05, 3.63) is 83.9 Å². The van der Waals surface area contributed by atoms with Gasteiger partial charge in [0.1, 0.15) is 5.82 Å². The molecule has 1 aliphatic heterocycles. The number of ether oxygens (including phenoxy) is 1. The van der Waals surface area contributed by atoms with E-state index in [0.29, 0.717) is 18.0 Å². The zero-order valence-electron chi connectivity index (χ0n) is 15.2. The van der Waals surface area contributed by atoms with Gasteiger partial charge in [0.15, 0.2) is 0 Å². The summed E-state index contributed by atoms with van der Waals surface area (Å²) in [4.78, 5) is 16.9. The van der Waals surface area contributed by atoms with E-state index in [1.54, 1.807) is 0 Å². The lowest BCUT2D eigenvalue weighted by Crippen LogP contribution is -2.25. The van der Waals surface area contributed by atoms with Gasteiger partial charge in [-0.25, -0.2) is 4.98 Å². The molecule has 0 saturated carbocycles. The van der Waals surface area contributed by atoms with Crippen molar-refractivity contribution in [1.29, 1.82) is 0 Å². The number of rotatable bonds is 6. The van der Waals surface area contributed by atoms with E-state index in [1.807, 2.05) is 54.9 Å². The van der Waals surface area contributed by atoms with Crippen LogP contribution >= 0.6 is 0 Å². The quantitative estimate of drug-likeness (QED) is 0.733. The molecule has 2 aromatic carbocycles. The molecule has 0 spiro atoms. The molecule has 1 amide bonds. The van der Waals surface area contributed by atoms with Gasteiger partial charge in [-0.3, -0.25) is 4.79 Å². The molecule has 0 unspecified atom stereocenters. The van der Waals surface area contributed by atoms with Crippen LogP contribution in [0.5, 0.6) is 0 Å². The summed E-state index contributed by atoms with van der Waals surface area (Å²) in [5, 5.41) is 2.98. The second-order valence-corrected chi connectivity index (χ2v) is 6.75. The molecule has 3 aromatic rings. The van der Waals surface area contributed by atoms with E-state index < -0.39 is 0 Å². The van der Waals surface area contributed by atoms with Crippen LogP contribution in [0.1, 0.15) is 34.1 Å². The maximum Gasteiger partial charge on any atom is 0.251 e. The number of amides is 1. The van der Waals surface area contributed by atoms with Crippen LogP contribution in [-0.2, 0) is 11.2 Å². The Kier molecular flexibility index (Phi) is 5.30. The Balaban J connectivity index is 1.39. The summed E-state index contributed by atoms with van der Waals surface area (Å²) in [6.45, 7) is 2.14. The zero-order chi connectivity index (χ0) is 18.5. The third-order valence-corrected chi connectivity index (χ3v) is 4.91. The van der Waals surface area contributed by atoms with Gasteiger partial charge in [-0.15, -0.1) is 0 Å². The van der Waals surface area contributed by atoms with Crippen molar-refractivity contribution in [2.75, 3.05) is 19.8 Å². The fourth-order valence-electron chi connectivity index (χ4n) is 3.41. The van der Waals surface area contributed by atoms with Crippen LogP contribution in [0, 0.1) is 0 Å². The van der Waals surface area contributed by atoms with Crippen molar-refractivity contribution in [3.63, 3.8) is 0 Å². The largest absolute Gasteiger partial charge is 0.381 e. The Morgan fingerprint density at radius 2 is 1.96 bits per heavy atom. The summed E-state index contributed by atoms with van der Waals surface area (Å²) >= 11 is 0. The Bertz CT molecular complexity index is 881. The molecule has 27 heavy (non-hydrogen) atoms. The van der Waals surface area contributed by atoms with E-state index in [-0.39, 0.29) is 5.91 Å². The summed E-state index contributed by atoms with van der Waals surface area (Å²) in [7, 11) is 0. The highest BCUT2D eigenvalue weighted by Gasteiger charge is 2.22. The number of carbonyl (C=O) groups excluding carboxylic acids is 1. The van der Waals surface area contributed by atoms with Gasteiger partial charge in [0.2, 0.25) is 0 Å². The fraction of sp³-hybridized carbons (Fsp3) is 0.273.